The van der Waals surface area contributed by atoms with Gasteiger partial charge in [-0.2, -0.15) is 0 Å². The number of aryl methyl sites for hydroxylation is 1. The summed E-state index contributed by atoms with van der Waals surface area (Å²) in [6.45, 7) is 2.39. The topological polar surface area (TPSA) is 75.1 Å². The van der Waals surface area contributed by atoms with E-state index in [-0.39, 0.29) is 6.42 Å². The predicted octanol–water partition coefficient (Wildman–Crippen LogP) is 0.926. The molecule has 5 heteroatoms. The summed E-state index contributed by atoms with van der Waals surface area (Å²) in [5, 5.41) is 11.3. The first-order chi connectivity index (χ1) is 6.72. The van der Waals surface area contributed by atoms with Gasteiger partial charge >= 0.3 is 5.97 Å². The molecule has 1 aromatic rings. The van der Waals surface area contributed by atoms with Crippen molar-refractivity contribution < 1.29 is 9.90 Å². The highest BCUT2D eigenvalue weighted by molar-refractivity contribution is 5.67. The van der Waals surface area contributed by atoms with Gasteiger partial charge in [0.05, 0.1) is 6.42 Å². The van der Waals surface area contributed by atoms with Gasteiger partial charge in [0.2, 0.25) is 0 Å². The van der Waals surface area contributed by atoms with Gasteiger partial charge in [-0.15, -0.1) is 0 Å². The Hall–Kier alpha value is -1.65. The molecule has 0 saturated carbocycles. The molecule has 0 saturated heterocycles. The van der Waals surface area contributed by atoms with Gasteiger partial charge in [0.1, 0.15) is 12.1 Å². The third-order valence-corrected chi connectivity index (χ3v) is 1.73. The lowest BCUT2D eigenvalue weighted by Gasteiger charge is -2.03. The van der Waals surface area contributed by atoms with E-state index in [1.54, 1.807) is 0 Å². The molecule has 0 aliphatic heterocycles. The molecule has 0 spiro atoms. The highest BCUT2D eigenvalue weighted by Gasteiger charge is 1.98. The monoisotopic (exact) mass is 195 g/mol. The molecular weight excluding hydrogens is 182 g/mol. The van der Waals surface area contributed by atoms with Crippen molar-refractivity contribution in [1.29, 1.82) is 0 Å². The van der Waals surface area contributed by atoms with E-state index >= 15 is 0 Å². The Labute approximate surface area is 82.2 Å². The van der Waals surface area contributed by atoms with Crippen LogP contribution in [-0.4, -0.2) is 27.6 Å². The third-order valence-electron chi connectivity index (χ3n) is 1.73. The molecule has 0 fully saturated rings. The van der Waals surface area contributed by atoms with Crippen molar-refractivity contribution in [2.75, 3.05) is 11.9 Å². The van der Waals surface area contributed by atoms with E-state index in [2.05, 4.69) is 15.3 Å². The maximum atomic E-state index is 10.2. The van der Waals surface area contributed by atoms with E-state index in [1.165, 1.54) is 6.33 Å². The van der Waals surface area contributed by atoms with Crippen LogP contribution in [0, 0.1) is 0 Å². The Balaban J connectivity index is 2.46. The van der Waals surface area contributed by atoms with Gasteiger partial charge in [0.15, 0.2) is 0 Å². The van der Waals surface area contributed by atoms with Crippen LogP contribution in [0.15, 0.2) is 12.4 Å². The van der Waals surface area contributed by atoms with Gasteiger partial charge in [-0.25, -0.2) is 9.97 Å². The fourth-order valence-electron chi connectivity index (χ4n) is 0.985. The molecule has 0 radical (unpaired) electrons. The Kier molecular flexibility index (Phi) is 3.84. The molecule has 1 heterocycles. The van der Waals surface area contributed by atoms with Gasteiger partial charge in [-0.3, -0.25) is 4.79 Å². The van der Waals surface area contributed by atoms with E-state index < -0.39 is 5.97 Å². The lowest BCUT2D eigenvalue weighted by atomic mass is 10.3. The summed E-state index contributed by atoms with van der Waals surface area (Å²) < 4.78 is 0. The smallest absolute Gasteiger partial charge is 0.305 e. The van der Waals surface area contributed by atoms with Crippen LogP contribution in [0.4, 0.5) is 5.82 Å². The van der Waals surface area contributed by atoms with Crippen molar-refractivity contribution in [1.82, 2.24) is 9.97 Å². The number of aliphatic carboxylic acids is 1. The molecule has 0 bridgehead atoms. The summed E-state index contributed by atoms with van der Waals surface area (Å²) in [7, 11) is 0. The van der Waals surface area contributed by atoms with Gasteiger partial charge in [-0.05, 0) is 6.42 Å². The van der Waals surface area contributed by atoms with Crippen molar-refractivity contribution in [3.63, 3.8) is 0 Å². The standard InChI is InChI=1S/C9H13N3O2/c1-2-7-5-8(12-6-11-7)10-4-3-9(13)14/h5-6H,2-4H2,1H3,(H,13,14)(H,10,11,12). The number of hydrogen-bond donors (Lipinski definition) is 2. The van der Waals surface area contributed by atoms with Crippen molar-refractivity contribution >= 4 is 11.8 Å². The van der Waals surface area contributed by atoms with Crippen LogP contribution in [0.1, 0.15) is 19.0 Å². The lowest BCUT2D eigenvalue weighted by Crippen LogP contribution is -2.09. The fourth-order valence-corrected chi connectivity index (χ4v) is 0.985. The van der Waals surface area contributed by atoms with Gasteiger partial charge < -0.3 is 10.4 Å². The molecule has 0 aliphatic rings. The Morgan fingerprint density at radius 1 is 1.57 bits per heavy atom. The molecule has 0 atom stereocenters. The Bertz CT molecular complexity index is 315. The molecule has 76 valence electrons. The molecule has 0 amide bonds. The molecule has 0 aliphatic carbocycles. The third kappa shape index (κ3) is 3.38. The van der Waals surface area contributed by atoms with Crippen molar-refractivity contribution in [3.8, 4) is 0 Å². The van der Waals surface area contributed by atoms with Crippen molar-refractivity contribution in [2.45, 2.75) is 19.8 Å². The highest BCUT2D eigenvalue weighted by Crippen LogP contribution is 2.03. The Morgan fingerprint density at radius 3 is 3.00 bits per heavy atom. The van der Waals surface area contributed by atoms with Gasteiger partial charge in [0.25, 0.3) is 0 Å². The summed E-state index contributed by atoms with van der Waals surface area (Å²) in [4.78, 5) is 18.2. The summed E-state index contributed by atoms with van der Waals surface area (Å²) in [5.74, 6) is -0.139. The van der Waals surface area contributed by atoms with Gasteiger partial charge in [0, 0.05) is 18.3 Å². The van der Waals surface area contributed by atoms with Crippen LogP contribution in [-0.2, 0) is 11.2 Å². The lowest BCUT2D eigenvalue weighted by molar-refractivity contribution is -0.136. The van der Waals surface area contributed by atoms with E-state index in [4.69, 9.17) is 5.11 Å². The number of carboxylic acid groups (broad SMARTS) is 1. The van der Waals surface area contributed by atoms with Crippen molar-refractivity contribution in [2.24, 2.45) is 0 Å². The van der Waals surface area contributed by atoms with Crippen LogP contribution < -0.4 is 5.32 Å². The molecule has 0 aromatic carbocycles. The zero-order chi connectivity index (χ0) is 10.4. The minimum Gasteiger partial charge on any atom is -0.481 e. The summed E-state index contributed by atoms with van der Waals surface area (Å²) >= 11 is 0. The second-order valence-corrected chi connectivity index (χ2v) is 2.82. The van der Waals surface area contributed by atoms with Crippen LogP contribution in [0.5, 0.6) is 0 Å². The van der Waals surface area contributed by atoms with Crippen molar-refractivity contribution in [3.05, 3.63) is 18.1 Å². The van der Waals surface area contributed by atoms with E-state index in [0.717, 1.165) is 12.1 Å². The van der Waals surface area contributed by atoms with E-state index in [0.29, 0.717) is 12.4 Å². The van der Waals surface area contributed by atoms with E-state index in [1.807, 2.05) is 13.0 Å². The number of carbonyl (C=O) groups is 1. The number of anilines is 1. The molecule has 5 nitrogen and oxygen atoms in total. The number of carboxylic acids is 1. The molecule has 0 unspecified atom stereocenters. The quantitative estimate of drug-likeness (QED) is 0.730. The minimum atomic E-state index is -0.817. The second-order valence-electron chi connectivity index (χ2n) is 2.82. The largest absolute Gasteiger partial charge is 0.481 e. The first-order valence-corrected chi connectivity index (χ1v) is 4.49. The summed E-state index contributed by atoms with van der Waals surface area (Å²) in [5.41, 5.74) is 0.942. The summed E-state index contributed by atoms with van der Waals surface area (Å²) in [6.07, 6.45) is 2.41. The molecule has 1 aromatic heterocycles. The molecule has 2 N–H and O–H groups in total. The number of nitrogens with zero attached hydrogens (tertiary/aromatic N) is 2. The average molecular weight is 195 g/mol. The van der Waals surface area contributed by atoms with Crippen LogP contribution >= 0.6 is 0 Å². The number of hydrogen-bond acceptors (Lipinski definition) is 4. The molecule has 14 heavy (non-hydrogen) atoms. The van der Waals surface area contributed by atoms with Crippen LogP contribution in [0.3, 0.4) is 0 Å². The van der Waals surface area contributed by atoms with Crippen LogP contribution in [0.25, 0.3) is 0 Å². The normalized spacial score (nSPS) is 9.79. The van der Waals surface area contributed by atoms with Crippen LogP contribution in [0.2, 0.25) is 0 Å². The zero-order valence-electron chi connectivity index (χ0n) is 8.03. The number of rotatable bonds is 5. The van der Waals surface area contributed by atoms with Gasteiger partial charge in [-0.1, -0.05) is 6.92 Å². The fraction of sp³-hybridized carbons (Fsp3) is 0.444. The SMILES string of the molecule is CCc1cc(NCCC(=O)O)ncn1. The second kappa shape index (κ2) is 5.16. The maximum absolute atomic E-state index is 10.2. The molecule has 1 rings (SSSR count). The zero-order valence-corrected chi connectivity index (χ0v) is 8.03. The molecular formula is C9H13N3O2. The first-order valence-electron chi connectivity index (χ1n) is 4.49. The first kappa shape index (κ1) is 10.4. The number of aromatic nitrogens is 2. The number of nitrogens with one attached hydrogen (secondary N) is 1. The maximum Gasteiger partial charge on any atom is 0.305 e. The average Bonchev–Trinajstić information content (AvgIpc) is 2.18. The minimum absolute atomic E-state index is 0.0888. The summed E-state index contributed by atoms with van der Waals surface area (Å²) in [6, 6.07) is 1.82. The highest BCUT2D eigenvalue weighted by atomic mass is 16.4. The Morgan fingerprint density at radius 2 is 2.36 bits per heavy atom. The van der Waals surface area contributed by atoms with E-state index in [9.17, 15) is 4.79 Å². The predicted molar refractivity (Wildman–Crippen MR) is 52.2 cm³/mol.